The van der Waals surface area contributed by atoms with Crippen LogP contribution in [0.5, 0.6) is 5.75 Å². The van der Waals surface area contributed by atoms with Crippen molar-refractivity contribution < 1.29 is 19.8 Å². The van der Waals surface area contributed by atoms with Crippen molar-refractivity contribution in [2.75, 3.05) is 12.3 Å². The number of carboxylic acids is 1. The van der Waals surface area contributed by atoms with E-state index in [0.717, 1.165) is 5.56 Å². The Morgan fingerprint density at radius 1 is 1.23 bits per heavy atom. The molecule has 2 aromatic rings. The van der Waals surface area contributed by atoms with Gasteiger partial charge in [0.05, 0.1) is 6.54 Å². The summed E-state index contributed by atoms with van der Waals surface area (Å²) in [4.78, 5) is 35.8. The topological polar surface area (TPSA) is 135 Å². The number of nitrogens with one attached hydrogen (secondary N) is 1. The van der Waals surface area contributed by atoms with Crippen molar-refractivity contribution in [1.82, 2.24) is 9.88 Å². The first kappa shape index (κ1) is 17.9. The molecule has 3 rings (SSSR count). The number of thioether (sulfide) groups is 1. The van der Waals surface area contributed by atoms with E-state index < -0.39 is 29.5 Å². The van der Waals surface area contributed by atoms with Crippen molar-refractivity contribution in [3.63, 3.8) is 0 Å². The van der Waals surface area contributed by atoms with Gasteiger partial charge in [-0.1, -0.05) is 12.1 Å². The molecule has 0 bridgehead atoms. The highest BCUT2D eigenvalue weighted by atomic mass is 32.2. The minimum Gasteiger partial charge on any atom is -0.507 e. The zero-order valence-electron chi connectivity index (χ0n) is 13.7. The minimum atomic E-state index is -1.24. The normalized spacial score (nSPS) is 12.6. The molecule has 0 radical (unpaired) electrons. The van der Waals surface area contributed by atoms with Crippen molar-refractivity contribution in [2.24, 2.45) is 0 Å². The van der Waals surface area contributed by atoms with Crippen molar-refractivity contribution >= 4 is 29.3 Å². The van der Waals surface area contributed by atoms with E-state index in [1.807, 2.05) is 0 Å². The van der Waals surface area contributed by atoms with Gasteiger partial charge in [-0.05, 0) is 17.7 Å². The Labute approximate surface area is 152 Å². The second-order valence-corrected chi connectivity index (χ2v) is 6.84. The maximum absolute atomic E-state index is 12.9. The molecule has 0 aliphatic carbocycles. The maximum Gasteiger partial charge on any atom is 0.322 e. The summed E-state index contributed by atoms with van der Waals surface area (Å²) in [5, 5.41) is 21.2. The summed E-state index contributed by atoms with van der Waals surface area (Å²) in [7, 11) is 0. The summed E-state index contributed by atoms with van der Waals surface area (Å²) >= 11 is 1.53. The van der Waals surface area contributed by atoms with E-state index in [1.54, 1.807) is 24.3 Å². The summed E-state index contributed by atoms with van der Waals surface area (Å²) in [6.45, 7) is -0.414. The molecular weight excluding hydrogens is 358 g/mol. The maximum atomic E-state index is 12.9. The fraction of sp³-hybridized carbons (Fsp3) is 0.235. The number of nitrogen functional groups attached to an aromatic ring is 1. The summed E-state index contributed by atoms with van der Waals surface area (Å²) < 4.78 is 1.45. The molecule has 1 aliphatic heterocycles. The zero-order chi connectivity index (χ0) is 18.8. The fourth-order valence-corrected chi connectivity index (χ4v) is 3.93. The Hall–Kier alpha value is -2.94. The van der Waals surface area contributed by atoms with Gasteiger partial charge < -0.3 is 25.8 Å². The van der Waals surface area contributed by atoms with E-state index in [2.05, 4.69) is 5.32 Å². The van der Waals surface area contributed by atoms with Gasteiger partial charge >= 0.3 is 5.97 Å². The Morgan fingerprint density at radius 2 is 1.92 bits per heavy atom. The number of hydrogen-bond donors (Lipinski definition) is 4. The van der Waals surface area contributed by atoms with Gasteiger partial charge in [-0.2, -0.15) is 11.8 Å². The van der Waals surface area contributed by atoms with Crippen LogP contribution in [0.15, 0.2) is 29.1 Å². The van der Waals surface area contributed by atoms with Crippen LogP contribution in [0, 0.1) is 0 Å². The average molecular weight is 375 g/mol. The van der Waals surface area contributed by atoms with Crippen LogP contribution in [0.4, 0.5) is 5.69 Å². The van der Waals surface area contributed by atoms with Gasteiger partial charge in [-0.3, -0.25) is 14.4 Å². The largest absolute Gasteiger partial charge is 0.507 e. The molecule has 1 aliphatic rings. The molecule has 0 unspecified atom stereocenters. The Bertz CT molecular complexity index is 937. The number of benzene rings is 1. The summed E-state index contributed by atoms with van der Waals surface area (Å²) in [5.74, 6) is -1.49. The molecule has 0 fully saturated rings. The number of anilines is 1. The lowest BCUT2D eigenvalue weighted by atomic mass is 10.1. The number of rotatable bonds is 5. The monoisotopic (exact) mass is 375 g/mol. The predicted molar refractivity (Wildman–Crippen MR) is 97.3 cm³/mol. The highest BCUT2D eigenvalue weighted by Crippen LogP contribution is 2.36. The number of carboxylic acid groups (broad SMARTS) is 1. The molecule has 136 valence electrons. The van der Waals surface area contributed by atoms with E-state index in [4.69, 9.17) is 10.8 Å². The number of aromatic hydroxyl groups is 1. The number of aliphatic carboxylic acids is 1. The molecule has 8 nitrogen and oxygen atoms in total. The standard InChI is InChI=1S/C17H17N3O5S/c18-10-3-1-9(2-4-10)6-20-12-8-26-7-11(12)15(23)14(17(20)25)16(24)19-5-13(21)22/h1-4,23H,5-8,18H2,(H,19,24)(H,21,22). The van der Waals surface area contributed by atoms with Crippen LogP contribution in [0.1, 0.15) is 27.2 Å². The highest BCUT2D eigenvalue weighted by molar-refractivity contribution is 7.98. The van der Waals surface area contributed by atoms with Crippen LogP contribution in [0.2, 0.25) is 0 Å². The van der Waals surface area contributed by atoms with Crippen LogP contribution in [0.3, 0.4) is 0 Å². The summed E-state index contributed by atoms with van der Waals surface area (Å²) in [6, 6.07) is 7.01. The molecule has 1 aromatic heterocycles. The second-order valence-electron chi connectivity index (χ2n) is 5.85. The SMILES string of the molecule is Nc1ccc(Cn2c3c(c(O)c(C(=O)NCC(=O)O)c2=O)CSC3)cc1. The molecular formula is C17H17N3O5S. The Balaban J connectivity index is 2.06. The van der Waals surface area contributed by atoms with E-state index in [0.29, 0.717) is 28.5 Å². The third-order valence-electron chi connectivity index (χ3n) is 4.09. The van der Waals surface area contributed by atoms with Gasteiger partial charge in [0.25, 0.3) is 11.5 Å². The van der Waals surface area contributed by atoms with Crippen molar-refractivity contribution in [3.05, 3.63) is 57.0 Å². The van der Waals surface area contributed by atoms with Gasteiger partial charge in [0.1, 0.15) is 17.9 Å². The van der Waals surface area contributed by atoms with E-state index in [1.165, 1.54) is 16.3 Å². The summed E-state index contributed by atoms with van der Waals surface area (Å²) in [6.07, 6.45) is 0. The van der Waals surface area contributed by atoms with Gasteiger partial charge in [-0.25, -0.2) is 0 Å². The van der Waals surface area contributed by atoms with Crippen molar-refractivity contribution in [1.29, 1.82) is 0 Å². The first-order chi connectivity index (χ1) is 12.4. The predicted octanol–water partition coefficient (Wildman–Crippen LogP) is 0.746. The van der Waals surface area contributed by atoms with Crippen LogP contribution in [0.25, 0.3) is 0 Å². The van der Waals surface area contributed by atoms with E-state index in [-0.39, 0.29) is 12.3 Å². The first-order valence-electron chi connectivity index (χ1n) is 7.78. The smallest absolute Gasteiger partial charge is 0.322 e. The molecule has 5 N–H and O–H groups in total. The summed E-state index contributed by atoms with van der Waals surface area (Å²) in [5.41, 5.74) is 7.22. The third kappa shape index (κ3) is 3.38. The quantitative estimate of drug-likeness (QED) is 0.566. The van der Waals surface area contributed by atoms with Crippen LogP contribution in [-0.2, 0) is 22.8 Å². The minimum absolute atomic E-state index is 0.224. The van der Waals surface area contributed by atoms with Gasteiger partial charge in [0, 0.05) is 28.5 Å². The third-order valence-corrected chi connectivity index (χ3v) is 5.06. The van der Waals surface area contributed by atoms with Gasteiger partial charge in [0.2, 0.25) is 0 Å². The molecule has 0 spiro atoms. The number of amides is 1. The molecule has 26 heavy (non-hydrogen) atoms. The molecule has 0 saturated carbocycles. The molecule has 2 heterocycles. The number of carbonyl (C=O) groups excluding carboxylic acids is 1. The van der Waals surface area contributed by atoms with Crippen LogP contribution < -0.4 is 16.6 Å². The molecule has 9 heteroatoms. The van der Waals surface area contributed by atoms with Gasteiger partial charge in [-0.15, -0.1) is 0 Å². The Kier molecular flexibility index (Phi) is 4.90. The van der Waals surface area contributed by atoms with Crippen LogP contribution in [-0.4, -0.2) is 33.2 Å². The zero-order valence-corrected chi connectivity index (χ0v) is 14.5. The fourth-order valence-electron chi connectivity index (χ4n) is 2.80. The first-order valence-corrected chi connectivity index (χ1v) is 8.93. The number of nitrogens with zero attached hydrogens (tertiary/aromatic N) is 1. The van der Waals surface area contributed by atoms with E-state index in [9.17, 15) is 19.5 Å². The van der Waals surface area contributed by atoms with E-state index >= 15 is 0 Å². The molecule has 0 atom stereocenters. The van der Waals surface area contributed by atoms with Crippen molar-refractivity contribution in [2.45, 2.75) is 18.1 Å². The Morgan fingerprint density at radius 3 is 2.58 bits per heavy atom. The van der Waals surface area contributed by atoms with Gasteiger partial charge in [0.15, 0.2) is 0 Å². The van der Waals surface area contributed by atoms with Crippen molar-refractivity contribution in [3.8, 4) is 5.75 Å². The molecule has 1 aromatic carbocycles. The highest BCUT2D eigenvalue weighted by Gasteiger charge is 2.28. The lowest BCUT2D eigenvalue weighted by molar-refractivity contribution is -0.135. The second kappa shape index (κ2) is 7.12. The average Bonchev–Trinajstić information content (AvgIpc) is 3.08. The molecule has 1 amide bonds. The number of aromatic nitrogens is 1. The number of nitrogens with two attached hydrogens (primary N) is 1. The number of fused-ring (bicyclic) bond motifs is 1. The lowest BCUT2D eigenvalue weighted by Gasteiger charge is -2.16. The number of pyridine rings is 1. The number of hydrogen-bond acceptors (Lipinski definition) is 6. The lowest BCUT2D eigenvalue weighted by Crippen LogP contribution is -2.37. The number of carbonyl (C=O) groups is 2. The molecule has 0 saturated heterocycles. The van der Waals surface area contributed by atoms with Crippen LogP contribution >= 0.6 is 11.8 Å².